The summed E-state index contributed by atoms with van der Waals surface area (Å²) < 4.78 is 39.5. The summed E-state index contributed by atoms with van der Waals surface area (Å²) in [5, 5.41) is 21.3. The van der Waals surface area contributed by atoms with E-state index in [0.29, 0.717) is 11.3 Å². The molecule has 2 unspecified atom stereocenters. The third kappa shape index (κ3) is 3.95. The van der Waals surface area contributed by atoms with Crippen molar-refractivity contribution in [1.29, 1.82) is 0 Å². The molecule has 0 aliphatic carbocycles. The lowest BCUT2D eigenvalue weighted by Gasteiger charge is -2.28. The maximum atomic E-state index is 13.2. The lowest BCUT2D eigenvalue weighted by molar-refractivity contribution is -0.267. The van der Waals surface area contributed by atoms with E-state index in [9.17, 15) is 27.9 Å². The van der Waals surface area contributed by atoms with Gasteiger partial charge in [-0.1, -0.05) is 6.92 Å². The molecule has 0 fully saturated rings. The number of hydrogen-bond acceptors (Lipinski definition) is 5. The summed E-state index contributed by atoms with van der Waals surface area (Å²) in [5.74, 6) is -2.58. The highest BCUT2D eigenvalue weighted by Gasteiger charge is 2.58. The standard InChI is InChI=1S/C12H15F3N2O4S/c1-3-7(9(19)20)17-8(18)4-11(21,12(13,14)15)10-16-6(2)5-22-10/h5,7,21H,3-4H2,1-2H3,(H,17,18)(H,19,20). The molecule has 1 aromatic rings. The summed E-state index contributed by atoms with van der Waals surface area (Å²) in [4.78, 5) is 26.1. The number of alkyl halides is 3. The number of carboxylic acid groups (broad SMARTS) is 1. The average Bonchev–Trinajstić information content (AvgIpc) is 2.81. The summed E-state index contributed by atoms with van der Waals surface area (Å²) in [6, 6.07) is -1.32. The first-order chi connectivity index (χ1) is 10.0. The SMILES string of the molecule is CCC(NC(=O)CC(O)(c1nc(C)cs1)C(F)(F)F)C(=O)O. The van der Waals surface area contributed by atoms with E-state index in [1.54, 1.807) is 0 Å². The van der Waals surface area contributed by atoms with Crippen molar-refractivity contribution in [3.63, 3.8) is 0 Å². The number of aliphatic hydroxyl groups is 1. The Morgan fingerprint density at radius 1 is 1.45 bits per heavy atom. The molecule has 1 heterocycles. The highest BCUT2D eigenvalue weighted by molar-refractivity contribution is 7.09. The average molecular weight is 340 g/mol. The minimum atomic E-state index is -5.13. The van der Waals surface area contributed by atoms with Crippen molar-refractivity contribution in [3.05, 3.63) is 16.1 Å². The zero-order chi connectivity index (χ0) is 17.1. The van der Waals surface area contributed by atoms with Gasteiger partial charge in [0, 0.05) is 11.1 Å². The molecule has 6 nitrogen and oxygen atoms in total. The summed E-state index contributed by atoms with van der Waals surface area (Å²) in [6.07, 6.45) is -6.48. The molecule has 0 bridgehead atoms. The number of hydrogen-bond donors (Lipinski definition) is 3. The summed E-state index contributed by atoms with van der Waals surface area (Å²) >= 11 is 0.579. The van der Waals surface area contributed by atoms with E-state index >= 15 is 0 Å². The Hall–Kier alpha value is -1.68. The monoisotopic (exact) mass is 340 g/mol. The Morgan fingerprint density at radius 3 is 2.41 bits per heavy atom. The van der Waals surface area contributed by atoms with Crippen molar-refractivity contribution < 1.29 is 33.0 Å². The molecular weight excluding hydrogens is 325 g/mol. The summed E-state index contributed by atoms with van der Waals surface area (Å²) in [5.41, 5.74) is -3.17. The van der Waals surface area contributed by atoms with Gasteiger partial charge in [-0.05, 0) is 13.3 Å². The van der Waals surface area contributed by atoms with Crippen LogP contribution in [0.15, 0.2) is 5.38 Å². The molecule has 0 radical (unpaired) electrons. The van der Waals surface area contributed by atoms with Crippen molar-refractivity contribution in [1.82, 2.24) is 10.3 Å². The second kappa shape index (κ2) is 6.61. The molecule has 22 heavy (non-hydrogen) atoms. The molecule has 3 N–H and O–H groups in total. The van der Waals surface area contributed by atoms with Crippen LogP contribution in [0.3, 0.4) is 0 Å². The first-order valence-corrected chi connectivity index (χ1v) is 7.13. The minimum absolute atomic E-state index is 0.00186. The van der Waals surface area contributed by atoms with Crippen LogP contribution in [0.25, 0.3) is 0 Å². The van der Waals surface area contributed by atoms with Gasteiger partial charge in [0.15, 0.2) is 0 Å². The fourth-order valence-electron chi connectivity index (χ4n) is 1.66. The number of carbonyl (C=O) groups is 2. The van der Waals surface area contributed by atoms with Gasteiger partial charge in [0.05, 0.1) is 6.42 Å². The van der Waals surface area contributed by atoms with Gasteiger partial charge in [0.25, 0.3) is 0 Å². The van der Waals surface area contributed by atoms with E-state index in [1.165, 1.54) is 19.2 Å². The van der Waals surface area contributed by atoms with Crippen LogP contribution in [0.4, 0.5) is 13.2 Å². The Kier molecular flexibility index (Phi) is 5.52. The van der Waals surface area contributed by atoms with Crippen molar-refractivity contribution in [2.24, 2.45) is 0 Å². The van der Waals surface area contributed by atoms with Crippen LogP contribution in [0, 0.1) is 6.92 Å². The molecule has 1 amide bonds. The number of aromatic nitrogens is 1. The van der Waals surface area contributed by atoms with Crippen LogP contribution in [0.5, 0.6) is 0 Å². The van der Waals surface area contributed by atoms with Crippen LogP contribution < -0.4 is 5.32 Å². The van der Waals surface area contributed by atoms with Gasteiger partial charge >= 0.3 is 12.1 Å². The van der Waals surface area contributed by atoms with E-state index in [1.807, 2.05) is 5.32 Å². The minimum Gasteiger partial charge on any atom is -0.480 e. The van der Waals surface area contributed by atoms with Crippen LogP contribution in [0.2, 0.25) is 0 Å². The van der Waals surface area contributed by atoms with E-state index in [2.05, 4.69) is 4.98 Å². The van der Waals surface area contributed by atoms with Crippen LogP contribution >= 0.6 is 11.3 Å². The molecule has 10 heteroatoms. The molecule has 0 saturated carbocycles. The second-order valence-electron chi connectivity index (χ2n) is 4.70. The molecule has 0 aromatic carbocycles. The van der Waals surface area contributed by atoms with Crippen molar-refractivity contribution in [3.8, 4) is 0 Å². The lowest BCUT2D eigenvalue weighted by Crippen LogP contribution is -2.49. The molecule has 0 saturated heterocycles. The fraction of sp³-hybridized carbons (Fsp3) is 0.583. The maximum Gasteiger partial charge on any atom is 0.424 e. The van der Waals surface area contributed by atoms with Crippen LogP contribution in [0.1, 0.15) is 30.5 Å². The maximum absolute atomic E-state index is 13.2. The van der Waals surface area contributed by atoms with Crippen molar-refractivity contribution >= 4 is 23.2 Å². The lowest BCUT2D eigenvalue weighted by atomic mass is 9.99. The quantitative estimate of drug-likeness (QED) is 0.730. The zero-order valence-corrected chi connectivity index (χ0v) is 12.6. The highest BCUT2D eigenvalue weighted by Crippen LogP contribution is 2.42. The number of amides is 1. The van der Waals surface area contributed by atoms with Gasteiger partial charge in [-0.25, -0.2) is 9.78 Å². The Bertz CT molecular complexity index is 561. The number of nitrogens with one attached hydrogen (secondary N) is 1. The Morgan fingerprint density at radius 2 is 2.05 bits per heavy atom. The smallest absolute Gasteiger partial charge is 0.424 e. The number of aryl methyl sites for hydroxylation is 1. The number of thiazole rings is 1. The summed E-state index contributed by atoms with van der Waals surface area (Å²) in [6.45, 7) is 2.91. The van der Waals surface area contributed by atoms with Gasteiger partial charge < -0.3 is 15.5 Å². The van der Waals surface area contributed by atoms with Crippen molar-refractivity contribution in [2.45, 2.75) is 44.5 Å². The summed E-state index contributed by atoms with van der Waals surface area (Å²) in [7, 11) is 0. The molecule has 2 atom stereocenters. The normalized spacial score (nSPS) is 15.9. The molecule has 0 spiro atoms. The van der Waals surface area contributed by atoms with Gasteiger partial charge in [0.2, 0.25) is 11.5 Å². The third-order valence-corrected chi connectivity index (χ3v) is 4.01. The molecule has 0 aliphatic heterocycles. The zero-order valence-electron chi connectivity index (χ0n) is 11.8. The fourth-order valence-corrected chi connectivity index (χ4v) is 2.57. The van der Waals surface area contributed by atoms with Crippen molar-refractivity contribution in [2.75, 3.05) is 0 Å². The predicted molar refractivity (Wildman–Crippen MR) is 71.3 cm³/mol. The molecule has 1 rings (SSSR count). The number of halogens is 3. The van der Waals surface area contributed by atoms with Crippen LogP contribution in [-0.2, 0) is 15.2 Å². The predicted octanol–water partition coefficient (Wildman–Crippen LogP) is 1.57. The van der Waals surface area contributed by atoms with E-state index in [4.69, 9.17) is 5.11 Å². The highest BCUT2D eigenvalue weighted by atomic mass is 32.1. The van der Waals surface area contributed by atoms with Gasteiger partial charge in [-0.3, -0.25) is 4.79 Å². The van der Waals surface area contributed by atoms with E-state index in [-0.39, 0.29) is 12.1 Å². The molecule has 124 valence electrons. The number of carboxylic acids is 1. The number of nitrogens with zero attached hydrogens (tertiary/aromatic N) is 1. The number of aliphatic carboxylic acids is 1. The Balaban J connectivity index is 3.01. The first-order valence-electron chi connectivity index (χ1n) is 6.25. The van der Waals surface area contributed by atoms with Gasteiger partial charge in [-0.15, -0.1) is 11.3 Å². The first kappa shape index (κ1) is 18.4. The molecular formula is C12H15F3N2O4S. The number of rotatable bonds is 6. The Labute approximate surface area is 128 Å². The van der Waals surface area contributed by atoms with Gasteiger partial charge in [-0.2, -0.15) is 13.2 Å². The van der Waals surface area contributed by atoms with E-state index in [0.717, 1.165) is 0 Å². The number of carbonyl (C=O) groups excluding carboxylic acids is 1. The van der Waals surface area contributed by atoms with E-state index < -0.39 is 41.1 Å². The second-order valence-corrected chi connectivity index (χ2v) is 5.55. The molecule has 0 aliphatic rings. The van der Waals surface area contributed by atoms with Crippen LogP contribution in [-0.4, -0.2) is 39.3 Å². The third-order valence-electron chi connectivity index (χ3n) is 2.90. The topological polar surface area (TPSA) is 99.5 Å². The largest absolute Gasteiger partial charge is 0.480 e. The molecule has 1 aromatic heterocycles. The van der Waals surface area contributed by atoms with Gasteiger partial charge in [0.1, 0.15) is 11.0 Å².